The molecule has 0 saturated heterocycles. The van der Waals surface area contributed by atoms with Gasteiger partial charge in [-0.15, -0.1) is 0 Å². The highest BCUT2D eigenvalue weighted by Gasteiger charge is 2.09. The van der Waals surface area contributed by atoms with E-state index in [1.807, 2.05) is 0 Å². The van der Waals surface area contributed by atoms with Crippen molar-refractivity contribution in [2.75, 3.05) is 26.3 Å². The molecule has 0 aliphatic carbocycles. The highest BCUT2D eigenvalue weighted by molar-refractivity contribution is 5.22. The number of nitrogens with one attached hydrogen (secondary N) is 1. The first kappa shape index (κ1) is 19.1. The predicted octanol–water partition coefficient (Wildman–Crippen LogP) is 1.73. The Morgan fingerprint density at radius 2 is 1.08 bits per heavy atom. The van der Waals surface area contributed by atoms with E-state index in [1.165, 1.54) is 48.5 Å². The summed E-state index contributed by atoms with van der Waals surface area (Å²) >= 11 is 0. The molecule has 2 atom stereocenters. The molecule has 0 spiro atoms. The van der Waals surface area contributed by atoms with Crippen molar-refractivity contribution in [3.8, 4) is 11.5 Å². The summed E-state index contributed by atoms with van der Waals surface area (Å²) in [7, 11) is 0. The van der Waals surface area contributed by atoms with E-state index >= 15 is 0 Å². The zero-order chi connectivity index (χ0) is 18.1. The number of halogens is 2. The summed E-state index contributed by atoms with van der Waals surface area (Å²) in [5.74, 6) is 0.221. The standard InChI is InChI=1S/C18H21F2NO4/c19-13-1-5-17(6-2-13)24-11-15(22)9-21-10-16(23)12-25-18-7-3-14(20)4-8-18/h1-8,15-16,21-23H,9-12H2/t15-,16+. The van der Waals surface area contributed by atoms with Crippen molar-refractivity contribution < 1.29 is 28.5 Å². The Hall–Kier alpha value is -2.22. The van der Waals surface area contributed by atoms with Gasteiger partial charge in [-0.25, -0.2) is 8.78 Å². The lowest BCUT2D eigenvalue weighted by Crippen LogP contribution is -2.37. The second kappa shape index (κ2) is 9.93. The minimum Gasteiger partial charge on any atom is -0.491 e. The van der Waals surface area contributed by atoms with Gasteiger partial charge in [0, 0.05) is 13.1 Å². The van der Waals surface area contributed by atoms with E-state index in [9.17, 15) is 19.0 Å². The third-order valence-electron chi connectivity index (χ3n) is 3.27. The largest absolute Gasteiger partial charge is 0.491 e. The summed E-state index contributed by atoms with van der Waals surface area (Å²) in [6.07, 6.45) is -1.56. The van der Waals surface area contributed by atoms with E-state index in [-0.39, 0.29) is 37.9 Å². The molecule has 2 aromatic rings. The Labute approximate surface area is 144 Å². The molecule has 2 aromatic carbocycles. The number of hydrogen-bond donors (Lipinski definition) is 3. The number of aliphatic hydroxyl groups excluding tert-OH is 2. The molecule has 0 fully saturated rings. The van der Waals surface area contributed by atoms with Crippen LogP contribution in [0, 0.1) is 11.6 Å². The summed E-state index contributed by atoms with van der Waals surface area (Å²) in [6, 6.07) is 11.0. The van der Waals surface area contributed by atoms with Crippen LogP contribution in [0.3, 0.4) is 0 Å². The summed E-state index contributed by atoms with van der Waals surface area (Å²) in [5.41, 5.74) is 0. The fourth-order valence-electron chi connectivity index (χ4n) is 1.98. The molecule has 136 valence electrons. The highest BCUT2D eigenvalue weighted by atomic mass is 19.1. The van der Waals surface area contributed by atoms with Gasteiger partial charge < -0.3 is 25.0 Å². The van der Waals surface area contributed by atoms with Gasteiger partial charge in [-0.05, 0) is 48.5 Å². The maximum absolute atomic E-state index is 12.8. The van der Waals surface area contributed by atoms with Gasteiger partial charge in [0.15, 0.2) is 0 Å². The molecule has 0 saturated carbocycles. The van der Waals surface area contributed by atoms with Gasteiger partial charge in [0.25, 0.3) is 0 Å². The second-order valence-electron chi connectivity index (χ2n) is 5.50. The first-order chi connectivity index (χ1) is 12.0. The van der Waals surface area contributed by atoms with Gasteiger partial charge in [-0.3, -0.25) is 0 Å². The number of hydrogen-bond acceptors (Lipinski definition) is 5. The maximum Gasteiger partial charge on any atom is 0.123 e. The van der Waals surface area contributed by atoms with E-state index in [1.54, 1.807) is 0 Å². The van der Waals surface area contributed by atoms with E-state index in [0.29, 0.717) is 11.5 Å². The molecule has 0 unspecified atom stereocenters. The normalized spacial score (nSPS) is 13.3. The number of benzene rings is 2. The van der Waals surface area contributed by atoms with Crippen LogP contribution in [0.5, 0.6) is 11.5 Å². The zero-order valence-electron chi connectivity index (χ0n) is 13.6. The molecule has 0 radical (unpaired) electrons. The van der Waals surface area contributed by atoms with Crippen LogP contribution in [0.1, 0.15) is 0 Å². The molecule has 0 aromatic heterocycles. The van der Waals surface area contributed by atoms with Crippen LogP contribution in [0.25, 0.3) is 0 Å². The van der Waals surface area contributed by atoms with Crippen LogP contribution in [-0.4, -0.2) is 48.7 Å². The molecule has 0 amide bonds. The lowest BCUT2D eigenvalue weighted by Gasteiger charge is -2.16. The minimum atomic E-state index is -0.782. The van der Waals surface area contributed by atoms with Crippen molar-refractivity contribution >= 4 is 0 Å². The quantitative estimate of drug-likeness (QED) is 0.607. The molecular weight excluding hydrogens is 332 g/mol. The molecule has 5 nitrogen and oxygen atoms in total. The van der Waals surface area contributed by atoms with E-state index in [4.69, 9.17) is 9.47 Å². The molecule has 0 aliphatic rings. The van der Waals surface area contributed by atoms with Crippen molar-refractivity contribution in [3.63, 3.8) is 0 Å². The van der Waals surface area contributed by atoms with Crippen molar-refractivity contribution in [1.29, 1.82) is 0 Å². The molecule has 3 N–H and O–H groups in total. The van der Waals surface area contributed by atoms with Gasteiger partial charge in [0.2, 0.25) is 0 Å². The average Bonchev–Trinajstić information content (AvgIpc) is 2.61. The number of aliphatic hydroxyl groups is 2. The summed E-state index contributed by atoms with van der Waals surface area (Å²) in [4.78, 5) is 0. The molecule has 2 rings (SSSR count). The summed E-state index contributed by atoms with van der Waals surface area (Å²) in [5, 5.41) is 22.5. The average molecular weight is 353 g/mol. The Balaban J connectivity index is 1.57. The Morgan fingerprint density at radius 1 is 0.720 bits per heavy atom. The van der Waals surface area contributed by atoms with Gasteiger partial charge in [-0.1, -0.05) is 0 Å². The Morgan fingerprint density at radius 3 is 1.44 bits per heavy atom. The summed E-state index contributed by atoms with van der Waals surface area (Å²) in [6.45, 7) is 0.519. The molecule has 0 bridgehead atoms. The van der Waals surface area contributed by atoms with Crippen LogP contribution < -0.4 is 14.8 Å². The maximum atomic E-state index is 12.8. The predicted molar refractivity (Wildman–Crippen MR) is 88.7 cm³/mol. The molecule has 0 aliphatic heterocycles. The number of ether oxygens (including phenoxy) is 2. The first-order valence-corrected chi connectivity index (χ1v) is 7.86. The van der Waals surface area contributed by atoms with Crippen molar-refractivity contribution in [3.05, 3.63) is 60.2 Å². The monoisotopic (exact) mass is 353 g/mol. The van der Waals surface area contributed by atoms with Crippen LogP contribution in [0.15, 0.2) is 48.5 Å². The van der Waals surface area contributed by atoms with E-state index in [2.05, 4.69) is 5.32 Å². The molecule has 7 heteroatoms. The lowest BCUT2D eigenvalue weighted by molar-refractivity contribution is 0.0857. The van der Waals surface area contributed by atoms with Crippen molar-refractivity contribution in [2.24, 2.45) is 0 Å². The fourth-order valence-corrected chi connectivity index (χ4v) is 1.98. The van der Waals surface area contributed by atoms with Crippen LogP contribution in [0.2, 0.25) is 0 Å². The lowest BCUT2D eigenvalue weighted by atomic mass is 10.3. The van der Waals surface area contributed by atoms with Crippen LogP contribution in [0.4, 0.5) is 8.78 Å². The third-order valence-corrected chi connectivity index (χ3v) is 3.27. The van der Waals surface area contributed by atoms with Gasteiger partial charge in [0.05, 0.1) is 0 Å². The second-order valence-corrected chi connectivity index (χ2v) is 5.50. The molecule has 0 heterocycles. The number of rotatable bonds is 10. The molecule has 25 heavy (non-hydrogen) atoms. The Bertz CT molecular complexity index is 566. The molecular formula is C18H21F2NO4. The van der Waals surface area contributed by atoms with Crippen molar-refractivity contribution in [1.82, 2.24) is 5.32 Å². The van der Waals surface area contributed by atoms with Gasteiger partial charge in [-0.2, -0.15) is 0 Å². The van der Waals surface area contributed by atoms with Crippen LogP contribution >= 0.6 is 0 Å². The van der Waals surface area contributed by atoms with E-state index in [0.717, 1.165) is 0 Å². The minimum absolute atomic E-state index is 0.0425. The first-order valence-electron chi connectivity index (χ1n) is 7.86. The van der Waals surface area contributed by atoms with E-state index < -0.39 is 12.2 Å². The highest BCUT2D eigenvalue weighted by Crippen LogP contribution is 2.12. The zero-order valence-corrected chi connectivity index (χ0v) is 13.6. The smallest absolute Gasteiger partial charge is 0.123 e. The summed E-state index contributed by atoms with van der Waals surface area (Å²) < 4.78 is 36.1. The Kier molecular flexibility index (Phi) is 7.59. The topological polar surface area (TPSA) is 71.0 Å². The SMILES string of the molecule is O[C@H](CNC[C@H](O)COc1ccc(F)cc1)COc1ccc(F)cc1. The van der Waals surface area contributed by atoms with Crippen molar-refractivity contribution in [2.45, 2.75) is 12.2 Å². The van der Waals surface area contributed by atoms with Gasteiger partial charge in [0.1, 0.15) is 48.6 Å². The third kappa shape index (κ3) is 7.47. The van der Waals surface area contributed by atoms with Crippen LogP contribution in [-0.2, 0) is 0 Å². The fraction of sp³-hybridized carbons (Fsp3) is 0.333. The van der Waals surface area contributed by atoms with Gasteiger partial charge >= 0.3 is 0 Å².